The third-order valence-electron chi connectivity index (χ3n) is 7.30. The lowest BCUT2D eigenvalue weighted by molar-refractivity contribution is -0.137. The van der Waals surface area contributed by atoms with E-state index in [0.717, 1.165) is 12.0 Å². The van der Waals surface area contributed by atoms with Crippen LogP contribution in [0.25, 0.3) is 27.8 Å². The van der Waals surface area contributed by atoms with Gasteiger partial charge in [0, 0.05) is 30.4 Å². The largest absolute Gasteiger partial charge is 0.481 e. The number of aromatic nitrogens is 3. The van der Waals surface area contributed by atoms with Gasteiger partial charge in [-0.2, -0.15) is 0 Å². The molecule has 0 saturated heterocycles. The Labute approximate surface area is 229 Å². The zero-order chi connectivity index (χ0) is 28.2. The minimum Gasteiger partial charge on any atom is -0.481 e. The van der Waals surface area contributed by atoms with E-state index in [4.69, 9.17) is 14.6 Å². The highest BCUT2D eigenvalue weighted by Gasteiger charge is 2.25. The van der Waals surface area contributed by atoms with Crippen LogP contribution in [0.3, 0.4) is 0 Å². The second-order valence-corrected chi connectivity index (χ2v) is 9.95. The fraction of sp³-hybridized carbons (Fsp3) is 0.290. The van der Waals surface area contributed by atoms with E-state index in [0.29, 0.717) is 59.6 Å². The summed E-state index contributed by atoms with van der Waals surface area (Å²) in [6.07, 6.45) is 7.67. The molecule has 0 fully saturated rings. The molecule has 5 rings (SSSR count). The number of unbranched alkanes of at least 4 members (excludes halogenated alkanes) is 1. The van der Waals surface area contributed by atoms with Crippen LogP contribution in [0.4, 0.5) is 8.78 Å². The molecule has 1 aliphatic rings. The van der Waals surface area contributed by atoms with E-state index in [1.807, 2.05) is 12.1 Å². The number of carboxylic acids is 1. The van der Waals surface area contributed by atoms with Crippen molar-refractivity contribution in [3.8, 4) is 16.9 Å². The van der Waals surface area contributed by atoms with Gasteiger partial charge >= 0.3 is 5.97 Å². The summed E-state index contributed by atoms with van der Waals surface area (Å²) >= 11 is 0. The Morgan fingerprint density at radius 2 is 1.95 bits per heavy atom. The molecular weight excluding hydrogens is 516 g/mol. The van der Waals surface area contributed by atoms with Crippen LogP contribution in [0.1, 0.15) is 56.5 Å². The number of rotatable bonds is 10. The first-order valence-electron chi connectivity index (χ1n) is 13.4. The quantitative estimate of drug-likeness (QED) is 0.218. The predicted molar refractivity (Wildman–Crippen MR) is 147 cm³/mol. The molecule has 7 nitrogen and oxygen atoms in total. The lowest BCUT2D eigenvalue weighted by atomic mass is 9.83. The van der Waals surface area contributed by atoms with Crippen molar-refractivity contribution in [2.24, 2.45) is 5.92 Å². The molecule has 2 heterocycles. The van der Waals surface area contributed by atoms with Crippen molar-refractivity contribution in [3.63, 3.8) is 0 Å². The molecule has 2 aromatic heterocycles. The number of fused-ring (bicyclic) bond motifs is 1. The summed E-state index contributed by atoms with van der Waals surface area (Å²) in [5, 5.41) is 13.7. The van der Waals surface area contributed by atoms with Crippen LogP contribution in [0, 0.1) is 11.7 Å². The molecule has 0 spiro atoms. The molecule has 2 aromatic carbocycles. The first-order chi connectivity index (χ1) is 19.3. The lowest BCUT2D eigenvalue weighted by Crippen LogP contribution is -2.24. The fourth-order valence-corrected chi connectivity index (χ4v) is 5.20. The number of carbonyl (C=O) groups is 1. The van der Waals surface area contributed by atoms with Gasteiger partial charge in [0.25, 0.3) is 5.56 Å². The van der Waals surface area contributed by atoms with Crippen LogP contribution in [0.2, 0.25) is 0 Å². The number of benzene rings is 2. The van der Waals surface area contributed by atoms with E-state index >= 15 is 0 Å². The minimum absolute atomic E-state index is 0.0215. The highest BCUT2D eigenvalue weighted by molar-refractivity contribution is 5.83. The average Bonchev–Trinajstić information content (AvgIpc) is 3.43. The van der Waals surface area contributed by atoms with Crippen LogP contribution in [-0.2, 0) is 11.2 Å². The number of aryl methyl sites for hydroxylation is 1. The number of hydrogen-bond acceptors (Lipinski definition) is 5. The average molecular weight is 546 g/mol. The number of nitrogens with zero attached hydrogens (tertiary/aromatic N) is 3. The van der Waals surface area contributed by atoms with Crippen molar-refractivity contribution in [1.29, 1.82) is 0 Å². The molecule has 9 heteroatoms. The van der Waals surface area contributed by atoms with Gasteiger partial charge in [0.05, 0.1) is 16.6 Å². The molecule has 0 radical (unpaired) electrons. The van der Waals surface area contributed by atoms with Gasteiger partial charge in [-0.1, -0.05) is 24.2 Å². The summed E-state index contributed by atoms with van der Waals surface area (Å²) in [7, 11) is 0. The minimum atomic E-state index is -0.882. The highest BCUT2D eigenvalue weighted by atomic mass is 19.1. The third kappa shape index (κ3) is 5.78. The SMILES string of the molecule is CCC(c1cc(-c2ccc3c(=O)n(-c4ccc(F)cc4)c(CCCCC(=O)O)nc3c2)no1)C1C=CC(F)=CC1. The van der Waals surface area contributed by atoms with Crippen LogP contribution in [0.15, 0.2) is 81.9 Å². The summed E-state index contributed by atoms with van der Waals surface area (Å²) in [5.74, 6) is -0.207. The Morgan fingerprint density at radius 3 is 2.65 bits per heavy atom. The Kier molecular flexibility index (Phi) is 8.00. The van der Waals surface area contributed by atoms with Gasteiger partial charge in [0.2, 0.25) is 0 Å². The zero-order valence-corrected chi connectivity index (χ0v) is 22.0. The molecule has 40 heavy (non-hydrogen) atoms. The summed E-state index contributed by atoms with van der Waals surface area (Å²) in [6.45, 7) is 2.06. The highest BCUT2D eigenvalue weighted by Crippen LogP contribution is 2.36. The van der Waals surface area contributed by atoms with Gasteiger partial charge in [-0.3, -0.25) is 14.2 Å². The fourth-order valence-electron chi connectivity index (χ4n) is 5.20. The number of allylic oxidation sites excluding steroid dienone is 4. The molecule has 0 saturated carbocycles. The van der Waals surface area contributed by atoms with Crippen molar-refractivity contribution in [2.45, 2.75) is 51.4 Å². The van der Waals surface area contributed by atoms with Crippen molar-refractivity contribution in [3.05, 3.63) is 100 Å². The third-order valence-corrected chi connectivity index (χ3v) is 7.30. The van der Waals surface area contributed by atoms with Crippen LogP contribution in [-0.4, -0.2) is 25.8 Å². The summed E-state index contributed by atoms with van der Waals surface area (Å²) in [5.41, 5.74) is 1.99. The van der Waals surface area contributed by atoms with Gasteiger partial charge in [0.1, 0.15) is 28.9 Å². The summed E-state index contributed by atoms with van der Waals surface area (Å²) in [6, 6.07) is 12.7. The lowest BCUT2D eigenvalue weighted by Gasteiger charge is -2.21. The molecule has 206 valence electrons. The molecule has 2 unspecified atom stereocenters. The van der Waals surface area contributed by atoms with E-state index < -0.39 is 11.8 Å². The molecular formula is C31H29F2N3O4. The number of carboxylic acid groups (broad SMARTS) is 1. The Balaban J connectivity index is 1.50. The monoisotopic (exact) mass is 545 g/mol. The molecule has 1 aliphatic carbocycles. The normalized spacial score (nSPS) is 15.8. The maximum Gasteiger partial charge on any atom is 0.303 e. The Bertz CT molecular complexity index is 1650. The van der Waals surface area contributed by atoms with Crippen molar-refractivity contribution in [1.82, 2.24) is 14.7 Å². The molecule has 4 aromatic rings. The van der Waals surface area contributed by atoms with Crippen LogP contribution >= 0.6 is 0 Å². The topological polar surface area (TPSA) is 98.2 Å². The van der Waals surface area contributed by atoms with Gasteiger partial charge in [-0.05, 0) is 80.2 Å². The second-order valence-electron chi connectivity index (χ2n) is 9.95. The van der Waals surface area contributed by atoms with E-state index in [2.05, 4.69) is 12.1 Å². The Hall–Kier alpha value is -4.40. The molecule has 0 amide bonds. The molecule has 1 N–H and O–H groups in total. The van der Waals surface area contributed by atoms with E-state index in [1.54, 1.807) is 24.3 Å². The number of hydrogen-bond donors (Lipinski definition) is 1. The van der Waals surface area contributed by atoms with Gasteiger partial charge < -0.3 is 9.63 Å². The zero-order valence-electron chi connectivity index (χ0n) is 22.0. The second kappa shape index (κ2) is 11.8. The van der Waals surface area contributed by atoms with Gasteiger partial charge in [0.15, 0.2) is 0 Å². The van der Waals surface area contributed by atoms with Crippen molar-refractivity contribution in [2.75, 3.05) is 0 Å². The van der Waals surface area contributed by atoms with Gasteiger partial charge in [-0.15, -0.1) is 0 Å². The van der Waals surface area contributed by atoms with Crippen LogP contribution < -0.4 is 5.56 Å². The molecule has 0 aliphatic heterocycles. The van der Waals surface area contributed by atoms with Crippen molar-refractivity contribution < 1.29 is 23.2 Å². The predicted octanol–water partition coefficient (Wildman–Crippen LogP) is 6.90. The molecule has 2 atom stereocenters. The maximum absolute atomic E-state index is 13.6. The maximum atomic E-state index is 13.6. The van der Waals surface area contributed by atoms with Crippen molar-refractivity contribution >= 4 is 16.9 Å². The van der Waals surface area contributed by atoms with E-state index in [-0.39, 0.29) is 29.6 Å². The number of aliphatic carboxylic acids is 1. The van der Waals surface area contributed by atoms with E-state index in [1.165, 1.54) is 34.9 Å². The van der Waals surface area contributed by atoms with Crippen LogP contribution in [0.5, 0.6) is 0 Å². The summed E-state index contributed by atoms with van der Waals surface area (Å²) < 4.78 is 34.2. The summed E-state index contributed by atoms with van der Waals surface area (Å²) in [4.78, 5) is 29.4. The first-order valence-corrected chi connectivity index (χ1v) is 13.4. The first kappa shape index (κ1) is 27.2. The molecule has 0 bridgehead atoms. The van der Waals surface area contributed by atoms with E-state index in [9.17, 15) is 18.4 Å². The van der Waals surface area contributed by atoms with Gasteiger partial charge in [-0.25, -0.2) is 13.8 Å². The Morgan fingerprint density at radius 1 is 1.15 bits per heavy atom. The standard InChI is InChI=1S/C31H29F2N3O4/c1-2-24(19-7-10-21(32)11-8-19)28-18-26(35-40-28)20-9-16-25-27(17-20)34-29(5-3-4-6-30(37)38)36(31(25)39)23-14-12-22(33)13-15-23/h7,9-19,24H,2-6,8H2,1H3,(H,37,38). The smallest absolute Gasteiger partial charge is 0.303 e. The number of halogens is 2.